The van der Waals surface area contributed by atoms with E-state index in [9.17, 15) is 0 Å². The van der Waals surface area contributed by atoms with Crippen LogP contribution < -0.4 is 11.5 Å². The van der Waals surface area contributed by atoms with Crippen molar-refractivity contribution in [1.29, 1.82) is 0 Å². The van der Waals surface area contributed by atoms with Gasteiger partial charge in [-0.3, -0.25) is 9.98 Å². The summed E-state index contributed by atoms with van der Waals surface area (Å²) in [6.45, 7) is 0. The number of pyridine rings is 1. The lowest BCUT2D eigenvalue weighted by Crippen LogP contribution is -1.93. The number of hydrogen-bond donors (Lipinski definition) is 2. The van der Waals surface area contributed by atoms with Crippen LogP contribution >= 0.6 is 0 Å². The summed E-state index contributed by atoms with van der Waals surface area (Å²) in [6, 6.07) is 20.5. The second-order valence-electron chi connectivity index (χ2n) is 5.12. The summed E-state index contributed by atoms with van der Waals surface area (Å²) in [5.41, 5.74) is 15.9. The fourth-order valence-corrected chi connectivity index (χ4v) is 2.09. The van der Waals surface area contributed by atoms with E-state index in [1.165, 1.54) is 0 Å². The Bertz CT molecular complexity index is 829. The zero-order valence-corrected chi connectivity index (χ0v) is 13.0. The van der Waals surface area contributed by atoms with Crippen molar-refractivity contribution in [3.63, 3.8) is 0 Å². The molecule has 2 aromatic carbocycles. The molecule has 0 saturated heterocycles. The minimum Gasteiger partial charge on any atom is -0.397 e. The monoisotopic (exact) mass is 315 g/mol. The molecule has 1 heterocycles. The molecule has 0 aliphatic rings. The zero-order chi connectivity index (χ0) is 16.8. The number of hydrogen-bond acceptors (Lipinski definition) is 5. The molecular weight excluding hydrogens is 298 g/mol. The number of para-hydroxylation sites is 4. The molecule has 0 saturated carbocycles. The van der Waals surface area contributed by atoms with Gasteiger partial charge in [0, 0.05) is 0 Å². The first kappa shape index (κ1) is 15.4. The van der Waals surface area contributed by atoms with Crippen LogP contribution in [0.3, 0.4) is 0 Å². The van der Waals surface area contributed by atoms with Crippen molar-refractivity contribution in [2.75, 3.05) is 11.5 Å². The average Bonchev–Trinajstić information content (AvgIpc) is 2.61. The Kier molecular flexibility index (Phi) is 4.62. The standard InChI is InChI=1S/C19H17N5/c20-16-8-1-3-10-18(16)22-12-14-6-5-7-15(24-14)13-23-19-11-4-2-9-17(19)21/h1-13H,20-21H2. The Labute approximate surface area is 140 Å². The molecular formula is C19H17N5. The molecule has 0 spiro atoms. The van der Waals surface area contributed by atoms with Gasteiger partial charge in [0.25, 0.3) is 0 Å². The van der Waals surface area contributed by atoms with E-state index >= 15 is 0 Å². The van der Waals surface area contributed by atoms with Crippen LogP contribution in [0, 0.1) is 0 Å². The number of rotatable bonds is 4. The third-order valence-corrected chi connectivity index (χ3v) is 3.34. The molecule has 0 aliphatic carbocycles. The predicted molar refractivity (Wildman–Crippen MR) is 100 cm³/mol. The number of nitrogens with two attached hydrogens (primary N) is 2. The lowest BCUT2D eigenvalue weighted by molar-refractivity contribution is 1.27. The van der Waals surface area contributed by atoms with Crippen molar-refractivity contribution in [2.24, 2.45) is 9.98 Å². The topological polar surface area (TPSA) is 89.6 Å². The zero-order valence-electron chi connectivity index (χ0n) is 13.0. The van der Waals surface area contributed by atoms with E-state index in [-0.39, 0.29) is 0 Å². The molecule has 0 radical (unpaired) electrons. The van der Waals surface area contributed by atoms with E-state index in [0.717, 1.165) is 22.8 Å². The van der Waals surface area contributed by atoms with Crippen LogP contribution in [0.5, 0.6) is 0 Å². The minimum atomic E-state index is 0.631. The first-order valence-corrected chi connectivity index (χ1v) is 7.46. The van der Waals surface area contributed by atoms with Crippen LogP contribution in [0.4, 0.5) is 22.7 Å². The fourth-order valence-electron chi connectivity index (χ4n) is 2.09. The van der Waals surface area contributed by atoms with Crippen LogP contribution in [0.25, 0.3) is 0 Å². The Hall–Kier alpha value is -3.47. The summed E-state index contributed by atoms with van der Waals surface area (Å²) < 4.78 is 0. The first-order valence-electron chi connectivity index (χ1n) is 7.46. The smallest absolute Gasteiger partial charge is 0.0859 e. The van der Waals surface area contributed by atoms with Crippen molar-refractivity contribution >= 4 is 35.2 Å². The molecule has 5 nitrogen and oxygen atoms in total. The van der Waals surface area contributed by atoms with E-state index in [4.69, 9.17) is 11.5 Å². The fraction of sp³-hybridized carbons (Fsp3) is 0. The predicted octanol–water partition coefficient (Wildman–Crippen LogP) is 3.75. The minimum absolute atomic E-state index is 0.631. The Morgan fingerprint density at radius 2 is 1.08 bits per heavy atom. The van der Waals surface area contributed by atoms with Crippen molar-refractivity contribution < 1.29 is 0 Å². The molecule has 0 bridgehead atoms. The van der Waals surface area contributed by atoms with Gasteiger partial charge in [-0.15, -0.1) is 0 Å². The molecule has 0 aliphatic heterocycles. The number of aromatic nitrogens is 1. The van der Waals surface area contributed by atoms with Gasteiger partial charge in [-0.25, -0.2) is 4.98 Å². The number of benzene rings is 2. The summed E-state index contributed by atoms with van der Waals surface area (Å²) in [6.07, 6.45) is 3.36. The molecule has 0 fully saturated rings. The van der Waals surface area contributed by atoms with Gasteiger partial charge >= 0.3 is 0 Å². The molecule has 3 rings (SSSR count). The lowest BCUT2D eigenvalue weighted by atomic mass is 10.2. The molecule has 118 valence electrons. The van der Waals surface area contributed by atoms with Crippen molar-refractivity contribution in [3.8, 4) is 0 Å². The van der Waals surface area contributed by atoms with Gasteiger partial charge in [0.15, 0.2) is 0 Å². The normalized spacial score (nSPS) is 11.3. The molecule has 24 heavy (non-hydrogen) atoms. The molecule has 0 atom stereocenters. The number of nitrogen functional groups attached to an aromatic ring is 2. The van der Waals surface area contributed by atoms with Gasteiger partial charge in [0.1, 0.15) is 0 Å². The maximum absolute atomic E-state index is 5.87. The van der Waals surface area contributed by atoms with Gasteiger partial charge in [-0.05, 0) is 36.4 Å². The Morgan fingerprint density at radius 3 is 1.54 bits per heavy atom. The van der Waals surface area contributed by atoms with Gasteiger partial charge < -0.3 is 11.5 Å². The van der Waals surface area contributed by atoms with Gasteiger partial charge in [-0.1, -0.05) is 30.3 Å². The van der Waals surface area contributed by atoms with Crippen LogP contribution in [-0.2, 0) is 0 Å². The second-order valence-corrected chi connectivity index (χ2v) is 5.12. The van der Waals surface area contributed by atoms with Crippen LogP contribution in [0.2, 0.25) is 0 Å². The number of aliphatic imine (C=N–C) groups is 2. The first-order chi connectivity index (χ1) is 11.7. The highest BCUT2D eigenvalue weighted by Crippen LogP contribution is 2.21. The highest BCUT2D eigenvalue weighted by Gasteiger charge is 1.97. The third kappa shape index (κ3) is 3.84. The largest absolute Gasteiger partial charge is 0.397 e. The number of nitrogens with zero attached hydrogens (tertiary/aromatic N) is 3. The average molecular weight is 315 g/mol. The van der Waals surface area contributed by atoms with Crippen molar-refractivity contribution in [2.45, 2.75) is 0 Å². The second kappa shape index (κ2) is 7.19. The maximum atomic E-state index is 5.87. The summed E-state index contributed by atoms with van der Waals surface area (Å²) in [5, 5.41) is 0. The quantitative estimate of drug-likeness (QED) is 0.567. The van der Waals surface area contributed by atoms with Crippen LogP contribution in [0.15, 0.2) is 76.7 Å². The molecule has 5 heteroatoms. The van der Waals surface area contributed by atoms with E-state index in [1.807, 2.05) is 66.7 Å². The van der Waals surface area contributed by atoms with Crippen LogP contribution in [-0.4, -0.2) is 17.4 Å². The molecule has 4 N–H and O–H groups in total. The highest BCUT2D eigenvalue weighted by molar-refractivity contribution is 5.85. The highest BCUT2D eigenvalue weighted by atomic mass is 14.8. The Morgan fingerprint density at radius 1 is 0.625 bits per heavy atom. The van der Waals surface area contributed by atoms with E-state index < -0.39 is 0 Å². The van der Waals surface area contributed by atoms with E-state index in [0.29, 0.717) is 11.4 Å². The summed E-state index contributed by atoms with van der Waals surface area (Å²) in [5.74, 6) is 0. The van der Waals surface area contributed by atoms with Crippen LogP contribution in [0.1, 0.15) is 11.4 Å². The van der Waals surface area contributed by atoms with Crippen molar-refractivity contribution in [3.05, 3.63) is 78.1 Å². The third-order valence-electron chi connectivity index (χ3n) is 3.34. The molecule has 1 aromatic heterocycles. The van der Waals surface area contributed by atoms with Gasteiger partial charge in [-0.2, -0.15) is 0 Å². The molecule has 0 unspecified atom stereocenters. The van der Waals surface area contributed by atoms with Crippen molar-refractivity contribution in [1.82, 2.24) is 4.98 Å². The summed E-state index contributed by atoms with van der Waals surface area (Å²) in [4.78, 5) is 13.2. The van der Waals surface area contributed by atoms with E-state index in [2.05, 4.69) is 15.0 Å². The maximum Gasteiger partial charge on any atom is 0.0859 e. The summed E-state index contributed by atoms with van der Waals surface area (Å²) >= 11 is 0. The lowest BCUT2D eigenvalue weighted by Gasteiger charge is -2.00. The number of anilines is 2. The van der Waals surface area contributed by atoms with Gasteiger partial charge in [0.2, 0.25) is 0 Å². The molecule has 0 amide bonds. The van der Waals surface area contributed by atoms with Gasteiger partial charge in [0.05, 0.1) is 46.6 Å². The summed E-state index contributed by atoms with van der Waals surface area (Å²) in [7, 11) is 0. The Balaban J connectivity index is 1.80. The SMILES string of the molecule is Nc1ccccc1N=Cc1cccc(C=Nc2ccccc2N)n1. The molecule has 3 aromatic rings. The van der Waals surface area contributed by atoms with E-state index in [1.54, 1.807) is 12.4 Å².